The summed E-state index contributed by atoms with van der Waals surface area (Å²) in [6.07, 6.45) is 6.11. The predicted molar refractivity (Wildman–Crippen MR) is 135 cm³/mol. The molecule has 1 saturated heterocycles. The maximum Gasteiger partial charge on any atom is 0.173 e. The Bertz CT molecular complexity index is 1070. The molecule has 2 aromatic carbocycles. The first-order valence-electron chi connectivity index (χ1n) is 12.8. The molecule has 1 saturated carbocycles. The summed E-state index contributed by atoms with van der Waals surface area (Å²) in [6, 6.07) is 17.1. The number of benzene rings is 2. The largest absolute Gasteiger partial charge is 0.497 e. The van der Waals surface area contributed by atoms with E-state index >= 15 is 0 Å². The van der Waals surface area contributed by atoms with Gasteiger partial charge in [-0.1, -0.05) is 49.6 Å². The van der Waals surface area contributed by atoms with Crippen molar-refractivity contribution in [1.29, 1.82) is 0 Å². The molecule has 35 heavy (non-hydrogen) atoms. The zero-order valence-electron chi connectivity index (χ0n) is 20.8. The molecule has 2 aliphatic rings. The fourth-order valence-corrected chi connectivity index (χ4v) is 5.53. The van der Waals surface area contributed by atoms with Gasteiger partial charge in [-0.15, -0.1) is 5.10 Å². The highest BCUT2D eigenvalue weighted by atomic mass is 16.5. The van der Waals surface area contributed by atoms with E-state index in [0.29, 0.717) is 6.04 Å². The minimum absolute atomic E-state index is 0.0197. The zero-order valence-corrected chi connectivity index (χ0v) is 20.8. The van der Waals surface area contributed by atoms with Crippen LogP contribution in [0.1, 0.15) is 61.1 Å². The topological polar surface area (TPSA) is 68.5 Å². The third-order valence-electron chi connectivity index (χ3n) is 7.47. The fourth-order valence-electron chi connectivity index (χ4n) is 5.53. The van der Waals surface area contributed by atoms with Gasteiger partial charge < -0.3 is 9.47 Å². The Morgan fingerprint density at radius 2 is 1.63 bits per heavy atom. The second-order valence-electron chi connectivity index (χ2n) is 9.57. The first-order valence-corrected chi connectivity index (χ1v) is 12.8. The van der Waals surface area contributed by atoms with Crippen molar-refractivity contribution in [2.45, 2.75) is 50.7 Å². The van der Waals surface area contributed by atoms with Gasteiger partial charge >= 0.3 is 0 Å². The first kappa shape index (κ1) is 23.8. The molecule has 2 heterocycles. The van der Waals surface area contributed by atoms with Gasteiger partial charge in [0.1, 0.15) is 11.5 Å². The summed E-state index contributed by atoms with van der Waals surface area (Å²) < 4.78 is 13.1. The van der Waals surface area contributed by atoms with Crippen LogP contribution in [0, 0.1) is 0 Å². The predicted octanol–water partition coefficient (Wildman–Crippen LogP) is 4.10. The van der Waals surface area contributed by atoms with Crippen LogP contribution in [0.15, 0.2) is 48.5 Å². The third kappa shape index (κ3) is 5.33. The SMILES string of the molecule is COc1ccc(C(c2nnnn2C2CCCCC2)N2CCN(Cc3ccccc3OC)CC2)cc1. The van der Waals surface area contributed by atoms with Crippen LogP contribution in [0.25, 0.3) is 0 Å². The molecular formula is C27H36N6O2. The quantitative estimate of drug-likeness (QED) is 0.485. The van der Waals surface area contributed by atoms with Crippen LogP contribution < -0.4 is 9.47 Å². The number of methoxy groups -OCH3 is 2. The molecule has 0 bridgehead atoms. The van der Waals surface area contributed by atoms with Crippen molar-refractivity contribution in [2.75, 3.05) is 40.4 Å². The van der Waals surface area contributed by atoms with E-state index in [1.54, 1.807) is 14.2 Å². The molecule has 5 rings (SSSR count). The molecule has 186 valence electrons. The highest BCUT2D eigenvalue weighted by molar-refractivity contribution is 5.34. The standard InChI is InChI=1S/C27H36N6O2/c1-34-24-14-12-21(13-15-24)26(27-28-29-30-33(27)23-9-4-3-5-10-23)32-18-16-31(17-19-32)20-22-8-6-7-11-25(22)35-2/h6-8,11-15,23,26H,3-5,9-10,16-20H2,1-2H3. The number of piperazine rings is 1. The molecule has 1 aliphatic heterocycles. The summed E-state index contributed by atoms with van der Waals surface area (Å²) in [7, 11) is 3.45. The van der Waals surface area contributed by atoms with Crippen molar-refractivity contribution < 1.29 is 9.47 Å². The van der Waals surface area contributed by atoms with Crippen LogP contribution in [-0.2, 0) is 6.54 Å². The average Bonchev–Trinajstić information content (AvgIpc) is 3.40. The molecular weight excluding hydrogens is 440 g/mol. The first-order chi connectivity index (χ1) is 17.3. The monoisotopic (exact) mass is 476 g/mol. The summed E-state index contributed by atoms with van der Waals surface area (Å²) in [4.78, 5) is 5.04. The van der Waals surface area contributed by atoms with Crippen LogP contribution >= 0.6 is 0 Å². The highest BCUT2D eigenvalue weighted by Crippen LogP contribution is 2.34. The van der Waals surface area contributed by atoms with Gasteiger partial charge in [-0.05, 0) is 47.0 Å². The number of ether oxygens (including phenoxy) is 2. The lowest BCUT2D eigenvalue weighted by molar-refractivity contribution is 0.0981. The molecule has 0 amide bonds. The fraction of sp³-hybridized carbons (Fsp3) is 0.519. The van der Waals surface area contributed by atoms with Gasteiger partial charge in [0, 0.05) is 38.3 Å². The number of hydrogen-bond acceptors (Lipinski definition) is 7. The normalized spacial score (nSPS) is 18.9. The molecule has 8 heteroatoms. The molecule has 1 unspecified atom stereocenters. The molecule has 1 atom stereocenters. The van der Waals surface area contributed by atoms with Crippen molar-refractivity contribution in [3.8, 4) is 11.5 Å². The molecule has 3 aromatic rings. The van der Waals surface area contributed by atoms with Crippen LogP contribution in [0.3, 0.4) is 0 Å². The highest BCUT2D eigenvalue weighted by Gasteiger charge is 2.32. The van der Waals surface area contributed by atoms with Gasteiger partial charge in [0.15, 0.2) is 5.82 Å². The van der Waals surface area contributed by atoms with E-state index in [4.69, 9.17) is 9.47 Å². The Morgan fingerprint density at radius 1 is 0.886 bits per heavy atom. The van der Waals surface area contributed by atoms with Gasteiger partial charge in [-0.2, -0.15) is 0 Å². The number of nitrogens with zero attached hydrogens (tertiary/aromatic N) is 6. The Kier molecular flexibility index (Phi) is 7.59. The molecule has 0 radical (unpaired) electrons. The van der Waals surface area contributed by atoms with Gasteiger partial charge in [-0.25, -0.2) is 4.68 Å². The van der Waals surface area contributed by atoms with E-state index in [-0.39, 0.29) is 6.04 Å². The molecule has 0 N–H and O–H groups in total. The minimum atomic E-state index is 0.0197. The van der Waals surface area contributed by atoms with E-state index < -0.39 is 0 Å². The minimum Gasteiger partial charge on any atom is -0.497 e. The van der Waals surface area contributed by atoms with Gasteiger partial charge in [-0.3, -0.25) is 9.80 Å². The number of rotatable bonds is 8. The van der Waals surface area contributed by atoms with Crippen molar-refractivity contribution in [1.82, 2.24) is 30.0 Å². The number of hydrogen-bond donors (Lipinski definition) is 0. The lowest BCUT2D eigenvalue weighted by atomic mass is 9.95. The maximum atomic E-state index is 5.57. The van der Waals surface area contributed by atoms with Crippen LogP contribution in [0.2, 0.25) is 0 Å². The molecule has 1 aliphatic carbocycles. The van der Waals surface area contributed by atoms with Gasteiger partial charge in [0.2, 0.25) is 0 Å². The summed E-state index contributed by atoms with van der Waals surface area (Å²) in [5.74, 6) is 2.78. The van der Waals surface area contributed by atoms with E-state index in [1.807, 2.05) is 24.3 Å². The second-order valence-corrected chi connectivity index (χ2v) is 9.57. The number of tetrazole rings is 1. The van der Waals surface area contributed by atoms with Crippen molar-refractivity contribution in [2.24, 2.45) is 0 Å². The maximum absolute atomic E-state index is 5.57. The summed E-state index contributed by atoms with van der Waals surface area (Å²) in [6.45, 7) is 4.75. The Labute approximate surface area is 207 Å². The van der Waals surface area contributed by atoms with E-state index in [2.05, 4.69) is 54.3 Å². The van der Waals surface area contributed by atoms with E-state index in [9.17, 15) is 0 Å². The van der Waals surface area contributed by atoms with Crippen molar-refractivity contribution in [3.63, 3.8) is 0 Å². The van der Waals surface area contributed by atoms with Crippen molar-refractivity contribution in [3.05, 3.63) is 65.5 Å². The Balaban J connectivity index is 1.37. The van der Waals surface area contributed by atoms with E-state index in [0.717, 1.165) is 62.9 Å². The summed E-state index contributed by atoms with van der Waals surface area (Å²) >= 11 is 0. The van der Waals surface area contributed by atoms with Gasteiger partial charge in [0.05, 0.1) is 26.3 Å². The van der Waals surface area contributed by atoms with Crippen molar-refractivity contribution >= 4 is 0 Å². The Hall–Kier alpha value is -2.97. The average molecular weight is 477 g/mol. The third-order valence-corrected chi connectivity index (χ3v) is 7.47. The smallest absolute Gasteiger partial charge is 0.173 e. The van der Waals surface area contributed by atoms with Crippen LogP contribution in [-0.4, -0.2) is 70.4 Å². The van der Waals surface area contributed by atoms with E-state index in [1.165, 1.54) is 30.4 Å². The Morgan fingerprint density at radius 3 is 2.34 bits per heavy atom. The molecule has 8 nitrogen and oxygen atoms in total. The molecule has 1 aromatic heterocycles. The molecule has 0 spiro atoms. The summed E-state index contributed by atoms with van der Waals surface area (Å²) in [5, 5.41) is 13.2. The van der Waals surface area contributed by atoms with Crippen LogP contribution in [0.4, 0.5) is 0 Å². The zero-order chi connectivity index (χ0) is 24.0. The van der Waals surface area contributed by atoms with Gasteiger partial charge in [0.25, 0.3) is 0 Å². The lowest BCUT2D eigenvalue weighted by Crippen LogP contribution is -2.48. The lowest BCUT2D eigenvalue weighted by Gasteiger charge is -2.39. The molecule has 2 fully saturated rings. The second kappa shape index (κ2) is 11.2. The summed E-state index contributed by atoms with van der Waals surface area (Å²) in [5.41, 5.74) is 2.44. The number of aromatic nitrogens is 4. The van der Waals surface area contributed by atoms with Crippen LogP contribution in [0.5, 0.6) is 11.5 Å². The number of para-hydroxylation sites is 1.